The van der Waals surface area contributed by atoms with E-state index in [0.29, 0.717) is 5.56 Å². The van der Waals surface area contributed by atoms with Gasteiger partial charge >= 0.3 is 0 Å². The molecule has 0 spiro atoms. The van der Waals surface area contributed by atoms with Crippen molar-refractivity contribution < 1.29 is 4.11 Å². The fourth-order valence-electron chi connectivity index (χ4n) is 14.2. The summed E-state index contributed by atoms with van der Waals surface area (Å²) in [5, 5.41) is 7.22. The lowest BCUT2D eigenvalue weighted by Crippen LogP contribution is -2.63. The molecule has 81 heavy (non-hydrogen) atoms. The van der Waals surface area contributed by atoms with Crippen LogP contribution in [0.2, 0.25) is 0 Å². The molecular formula is C76H69BN4. The fraction of sp³-hybridized carbons (Fsp3) is 0.211. The van der Waals surface area contributed by atoms with Crippen molar-refractivity contribution in [1.29, 1.82) is 0 Å². The van der Waals surface area contributed by atoms with Crippen LogP contribution in [0.4, 0.5) is 17.1 Å². The van der Waals surface area contributed by atoms with Gasteiger partial charge in [0.15, 0.2) is 0 Å². The molecule has 0 radical (unpaired) electrons. The van der Waals surface area contributed by atoms with Crippen LogP contribution in [0.3, 0.4) is 0 Å². The van der Waals surface area contributed by atoms with Crippen molar-refractivity contribution in [2.75, 3.05) is 4.90 Å². The predicted octanol–water partition coefficient (Wildman–Crippen LogP) is 18.1. The number of hydrogen-bond donors (Lipinski definition) is 0. The van der Waals surface area contributed by atoms with E-state index in [1.807, 2.05) is 12.1 Å². The summed E-state index contributed by atoms with van der Waals surface area (Å²) in [5.74, 6) is 0. The van der Waals surface area contributed by atoms with Crippen molar-refractivity contribution in [1.82, 2.24) is 13.7 Å². The van der Waals surface area contributed by atoms with Crippen LogP contribution in [-0.2, 0) is 21.7 Å². The third kappa shape index (κ3) is 7.29. The minimum Gasteiger partial charge on any atom is -0.310 e. The minimum absolute atomic E-state index is 0.0665. The molecule has 0 aliphatic carbocycles. The normalized spacial score (nSPS) is 14.7. The lowest BCUT2D eigenvalue weighted by molar-refractivity contribution is 0.590. The van der Waals surface area contributed by atoms with Crippen LogP contribution in [0.1, 0.15) is 114 Å². The van der Waals surface area contributed by atoms with Crippen LogP contribution in [0.25, 0.3) is 82.5 Å². The molecule has 4 nitrogen and oxygen atoms in total. The SMILES string of the molecule is [2H]C([2H])([2H])c1cc2c3c(c1)C(C)(C)c1cc4c(cc1B3c1cc(C(C)(C)C)cc3c5cc(C(C)(C)C)ccc5n-2c13)c1cc(C(C)(C)C)ccc1n4-c1cccc(-n2c3ccccc3c3ccc(N(c4ccccc4)c4ccccc4)cc32)c1. The highest BCUT2D eigenvalue weighted by Gasteiger charge is 2.46. The number of para-hydroxylation sites is 3. The first-order valence-corrected chi connectivity index (χ1v) is 28.9. The second-order valence-electron chi connectivity index (χ2n) is 26.9. The third-order valence-corrected chi connectivity index (χ3v) is 18.4. The predicted molar refractivity (Wildman–Crippen MR) is 348 cm³/mol. The highest BCUT2D eigenvalue weighted by molar-refractivity contribution is 6.99. The van der Waals surface area contributed by atoms with Crippen molar-refractivity contribution in [3.8, 4) is 17.1 Å². The molecule has 13 aromatic rings. The molecule has 2 aliphatic heterocycles. The zero-order valence-corrected chi connectivity index (χ0v) is 48.4. The summed E-state index contributed by atoms with van der Waals surface area (Å²) in [5.41, 5.74) is 22.5. The highest BCUT2D eigenvalue weighted by atomic mass is 15.1. The number of rotatable bonds is 5. The summed E-state index contributed by atoms with van der Waals surface area (Å²) in [6.45, 7) is 22.9. The second-order valence-corrected chi connectivity index (χ2v) is 26.9. The Hall–Kier alpha value is -8.54. The Labute approximate surface area is 481 Å². The van der Waals surface area contributed by atoms with Gasteiger partial charge in [0.05, 0.1) is 27.6 Å². The summed E-state index contributed by atoms with van der Waals surface area (Å²) < 4.78 is 34.5. The molecule has 396 valence electrons. The van der Waals surface area contributed by atoms with E-state index in [4.69, 9.17) is 4.11 Å². The van der Waals surface area contributed by atoms with E-state index in [2.05, 4.69) is 283 Å². The maximum atomic E-state index is 9.04. The van der Waals surface area contributed by atoms with Crippen molar-refractivity contribution in [3.05, 3.63) is 234 Å². The Morgan fingerprint density at radius 2 is 0.938 bits per heavy atom. The summed E-state index contributed by atoms with van der Waals surface area (Å²) in [7, 11) is 0. The second kappa shape index (κ2) is 17.0. The first-order chi connectivity index (χ1) is 39.9. The maximum absolute atomic E-state index is 9.04. The number of benzene rings is 10. The first-order valence-electron chi connectivity index (χ1n) is 30.4. The van der Waals surface area contributed by atoms with Gasteiger partial charge < -0.3 is 18.6 Å². The van der Waals surface area contributed by atoms with Gasteiger partial charge in [-0.3, -0.25) is 0 Å². The monoisotopic (exact) mass is 1050 g/mol. The summed E-state index contributed by atoms with van der Waals surface area (Å²) in [4.78, 5) is 2.34. The first kappa shape index (κ1) is 46.2. The largest absolute Gasteiger partial charge is 0.310 e. The zero-order valence-electron chi connectivity index (χ0n) is 51.4. The summed E-state index contributed by atoms with van der Waals surface area (Å²) >= 11 is 0. The van der Waals surface area contributed by atoms with E-state index in [9.17, 15) is 0 Å². The molecule has 10 aromatic carbocycles. The van der Waals surface area contributed by atoms with Gasteiger partial charge in [-0.2, -0.15) is 0 Å². The van der Waals surface area contributed by atoms with Gasteiger partial charge in [-0.25, -0.2) is 0 Å². The van der Waals surface area contributed by atoms with E-state index < -0.39 is 12.3 Å². The van der Waals surface area contributed by atoms with E-state index in [0.717, 1.165) is 67.3 Å². The number of anilines is 3. The van der Waals surface area contributed by atoms with E-state index in [-0.39, 0.29) is 23.0 Å². The van der Waals surface area contributed by atoms with Crippen molar-refractivity contribution >= 4 is 106 Å². The topological polar surface area (TPSA) is 18.0 Å². The van der Waals surface area contributed by atoms with Gasteiger partial charge in [0.25, 0.3) is 0 Å². The van der Waals surface area contributed by atoms with Gasteiger partial charge in [0.2, 0.25) is 6.71 Å². The lowest BCUT2D eigenvalue weighted by Gasteiger charge is -2.42. The molecule has 5 heterocycles. The third-order valence-electron chi connectivity index (χ3n) is 18.4. The molecule has 0 fully saturated rings. The molecule has 0 saturated heterocycles. The molecule has 0 amide bonds. The highest BCUT2D eigenvalue weighted by Crippen LogP contribution is 2.46. The quantitative estimate of drug-likeness (QED) is 0.157. The number of aromatic nitrogens is 3. The van der Waals surface area contributed by atoms with Gasteiger partial charge in [0, 0.05) is 81.5 Å². The summed E-state index contributed by atoms with van der Waals surface area (Å²) in [6, 6.07) is 74.1. The molecular weight excluding hydrogens is 980 g/mol. The Morgan fingerprint density at radius 3 is 1.57 bits per heavy atom. The van der Waals surface area contributed by atoms with Crippen molar-refractivity contribution in [2.24, 2.45) is 0 Å². The maximum Gasteiger partial charge on any atom is 0.247 e. The van der Waals surface area contributed by atoms with E-state index >= 15 is 0 Å². The Balaban J connectivity index is 1.01. The summed E-state index contributed by atoms with van der Waals surface area (Å²) in [6.07, 6.45) is 0. The molecule has 0 unspecified atom stereocenters. The van der Waals surface area contributed by atoms with Crippen molar-refractivity contribution in [2.45, 2.75) is 105 Å². The van der Waals surface area contributed by atoms with Gasteiger partial charge in [-0.1, -0.05) is 179 Å². The van der Waals surface area contributed by atoms with E-state index in [1.165, 1.54) is 76.5 Å². The van der Waals surface area contributed by atoms with Crippen LogP contribution in [0.15, 0.2) is 200 Å². The molecule has 0 atom stereocenters. The molecule has 0 N–H and O–H groups in total. The fourth-order valence-corrected chi connectivity index (χ4v) is 14.2. The van der Waals surface area contributed by atoms with Gasteiger partial charge in [-0.15, -0.1) is 0 Å². The minimum atomic E-state index is -2.33. The number of nitrogens with zero attached hydrogens (tertiary/aromatic N) is 4. The van der Waals surface area contributed by atoms with Crippen molar-refractivity contribution in [3.63, 3.8) is 0 Å². The van der Waals surface area contributed by atoms with E-state index in [1.54, 1.807) is 0 Å². The molecule has 3 aromatic heterocycles. The standard InChI is InChI=1S/C76H69BN4/c1-46-36-62-71-70(37-46)81-67-35-31-48(74(5,6)7)39-58(67)60-40-49(75(8,9)10)41-64(72(60)81)77(71)63-44-59-57-38-47(73(2,3)4)30-34-66(57)80(69(59)45-61(63)76(62,11)12)53-27-21-26-52(42-53)79-65-29-20-19-28-55(65)56-33-32-54(43-68(56)79)78(50-22-15-13-16-23-50)51-24-17-14-18-25-51/h13-45H,1-12H3/i1D3. The van der Waals surface area contributed by atoms with Gasteiger partial charge in [-0.05, 0) is 171 Å². The smallest absolute Gasteiger partial charge is 0.247 e. The number of hydrogen-bond acceptors (Lipinski definition) is 1. The Morgan fingerprint density at radius 1 is 0.395 bits per heavy atom. The van der Waals surface area contributed by atoms with Crippen LogP contribution < -0.4 is 21.3 Å². The van der Waals surface area contributed by atoms with Crippen LogP contribution in [0.5, 0.6) is 0 Å². The average molecular weight is 1050 g/mol. The molecule has 0 bridgehead atoms. The number of fused-ring (bicyclic) bond motifs is 13. The Bertz CT molecular complexity index is 4880. The Kier molecular flexibility index (Phi) is 9.71. The van der Waals surface area contributed by atoms with Crippen LogP contribution >= 0.6 is 0 Å². The average Bonchev–Trinajstić information content (AvgIpc) is 1.34. The van der Waals surface area contributed by atoms with Gasteiger partial charge in [0.1, 0.15) is 0 Å². The van der Waals surface area contributed by atoms with Crippen LogP contribution in [0, 0.1) is 6.85 Å². The number of aryl methyl sites for hydroxylation is 1. The molecule has 5 heteroatoms. The lowest BCUT2D eigenvalue weighted by atomic mass is 9.30. The molecule has 15 rings (SSSR count). The molecule has 0 saturated carbocycles. The molecule has 2 aliphatic rings. The van der Waals surface area contributed by atoms with Crippen LogP contribution in [-0.4, -0.2) is 20.4 Å². The zero-order chi connectivity index (χ0) is 58.3.